The number of carbonyl (C=O) groups is 2. The number of H-pyrrole nitrogens is 1. The van der Waals surface area contributed by atoms with Gasteiger partial charge in [0, 0.05) is 5.56 Å². The standard InChI is InChI=1S/C16H14N4O2.CH4/c21-14-11-8-4-5-9-12(11)15(22)20(14)16-17-13(18-19-16)10-6-2-1-3-7-10;/h1-7,11-12H,8-9H2,(H,17,18,19);1H4. The number of fused-ring (bicyclic) bond motifs is 1. The molecule has 2 amide bonds. The average molecular weight is 310 g/mol. The molecule has 0 bridgehead atoms. The number of carbonyl (C=O) groups excluding carboxylic acids is 2. The second kappa shape index (κ2) is 5.79. The van der Waals surface area contributed by atoms with Gasteiger partial charge in [-0.1, -0.05) is 49.9 Å². The number of allylic oxidation sites excluding steroid dienone is 2. The fraction of sp³-hybridized carbons (Fsp3) is 0.294. The minimum absolute atomic E-state index is 0. The maximum absolute atomic E-state index is 12.5. The van der Waals surface area contributed by atoms with E-state index < -0.39 is 0 Å². The van der Waals surface area contributed by atoms with Crippen molar-refractivity contribution >= 4 is 17.8 Å². The van der Waals surface area contributed by atoms with Gasteiger partial charge in [-0.05, 0) is 12.8 Å². The fourth-order valence-corrected chi connectivity index (χ4v) is 3.08. The normalized spacial score (nSPS) is 22.9. The minimum Gasteiger partial charge on any atom is -0.274 e. The highest BCUT2D eigenvalue weighted by molar-refractivity contribution is 6.21. The van der Waals surface area contributed by atoms with E-state index in [2.05, 4.69) is 15.2 Å². The lowest BCUT2D eigenvalue weighted by Gasteiger charge is -2.14. The van der Waals surface area contributed by atoms with E-state index in [-0.39, 0.29) is 37.0 Å². The summed E-state index contributed by atoms with van der Waals surface area (Å²) < 4.78 is 0. The van der Waals surface area contributed by atoms with E-state index >= 15 is 0 Å². The highest BCUT2D eigenvalue weighted by Crippen LogP contribution is 2.36. The molecule has 1 saturated heterocycles. The zero-order chi connectivity index (χ0) is 15.1. The van der Waals surface area contributed by atoms with Crippen LogP contribution in [0.5, 0.6) is 0 Å². The monoisotopic (exact) mass is 310 g/mol. The van der Waals surface area contributed by atoms with Crippen LogP contribution in [0.15, 0.2) is 42.5 Å². The first-order chi connectivity index (χ1) is 10.8. The van der Waals surface area contributed by atoms with Crippen molar-refractivity contribution < 1.29 is 9.59 Å². The van der Waals surface area contributed by atoms with Crippen LogP contribution in [-0.4, -0.2) is 27.0 Å². The molecule has 1 fully saturated rings. The van der Waals surface area contributed by atoms with E-state index in [9.17, 15) is 9.59 Å². The molecule has 6 heteroatoms. The summed E-state index contributed by atoms with van der Waals surface area (Å²) in [6.07, 6.45) is 5.15. The Morgan fingerprint density at radius 3 is 2.22 bits per heavy atom. The molecule has 118 valence electrons. The number of nitrogens with one attached hydrogen (secondary N) is 1. The van der Waals surface area contributed by atoms with Crippen LogP contribution in [0.2, 0.25) is 0 Å². The number of aromatic amines is 1. The minimum atomic E-state index is -0.267. The van der Waals surface area contributed by atoms with Crippen molar-refractivity contribution in [3.05, 3.63) is 42.5 Å². The summed E-state index contributed by atoms with van der Waals surface area (Å²) in [7, 11) is 0. The number of benzene rings is 1. The van der Waals surface area contributed by atoms with Crippen LogP contribution in [0.25, 0.3) is 11.4 Å². The topological polar surface area (TPSA) is 79.0 Å². The Balaban J connectivity index is 0.00000156. The third-order valence-electron chi connectivity index (χ3n) is 4.23. The highest BCUT2D eigenvalue weighted by Gasteiger charge is 2.49. The van der Waals surface area contributed by atoms with E-state index in [0.717, 1.165) is 10.5 Å². The fourth-order valence-electron chi connectivity index (χ4n) is 3.08. The number of anilines is 1. The Morgan fingerprint density at radius 1 is 1.00 bits per heavy atom. The molecule has 0 radical (unpaired) electrons. The largest absolute Gasteiger partial charge is 0.274 e. The van der Waals surface area contributed by atoms with E-state index in [1.165, 1.54) is 0 Å². The smallest absolute Gasteiger partial charge is 0.258 e. The second-order valence-electron chi connectivity index (χ2n) is 5.52. The summed E-state index contributed by atoms with van der Waals surface area (Å²) in [6, 6.07) is 9.48. The van der Waals surface area contributed by atoms with Gasteiger partial charge in [-0.25, -0.2) is 4.90 Å². The molecule has 0 saturated carbocycles. The lowest BCUT2D eigenvalue weighted by Crippen LogP contribution is -2.31. The van der Waals surface area contributed by atoms with Gasteiger partial charge in [0.15, 0.2) is 5.82 Å². The predicted octanol–water partition coefficient (Wildman–Crippen LogP) is 2.56. The van der Waals surface area contributed by atoms with Crippen LogP contribution in [0, 0.1) is 11.8 Å². The van der Waals surface area contributed by atoms with Gasteiger partial charge in [-0.3, -0.25) is 14.7 Å². The molecular weight excluding hydrogens is 292 g/mol. The van der Waals surface area contributed by atoms with Gasteiger partial charge in [0.25, 0.3) is 5.95 Å². The third-order valence-corrected chi connectivity index (χ3v) is 4.23. The van der Waals surface area contributed by atoms with Crippen molar-refractivity contribution in [3.8, 4) is 11.4 Å². The van der Waals surface area contributed by atoms with Crippen molar-refractivity contribution in [1.29, 1.82) is 0 Å². The van der Waals surface area contributed by atoms with Gasteiger partial charge in [0.05, 0.1) is 11.8 Å². The number of aromatic nitrogens is 3. The first-order valence-corrected chi connectivity index (χ1v) is 7.26. The number of amides is 2. The molecular formula is C17H18N4O2. The van der Waals surface area contributed by atoms with Crippen molar-refractivity contribution in [2.75, 3.05) is 4.90 Å². The summed E-state index contributed by atoms with van der Waals surface area (Å²) in [6.45, 7) is 0. The molecule has 1 aromatic heterocycles. The van der Waals surface area contributed by atoms with Gasteiger partial charge < -0.3 is 0 Å². The van der Waals surface area contributed by atoms with Crippen LogP contribution in [0.4, 0.5) is 5.95 Å². The molecule has 0 spiro atoms. The Morgan fingerprint density at radius 2 is 1.61 bits per heavy atom. The van der Waals surface area contributed by atoms with Crippen LogP contribution in [0.3, 0.4) is 0 Å². The molecule has 4 rings (SSSR count). The first-order valence-electron chi connectivity index (χ1n) is 7.26. The molecule has 1 N–H and O–H groups in total. The molecule has 1 aliphatic carbocycles. The summed E-state index contributed by atoms with van der Waals surface area (Å²) in [5.74, 6) is -0.240. The van der Waals surface area contributed by atoms with E-state index in [4.69, 9.17) is 0 Å². The zero-order valence-electron chi connectivity index (χ0n) is 11.8. The molecule has 2 atom stereocenters. The first kappa shape index (κ1) is 15.1. The summed E-state index contributed by atoms with van der Waals surface area (Å²) in [4.78, 5) is 30.4. The third kappa shape index (κ3) is 2.36. The molecule has 1 aromatic carbocycles. The van der Waals surface area contributed by atoms with Gasteiger partial charge in [-0.2, -0.15) is 4.98 Å². The quantitative estimate of drug-likeness (QED) is 0.683. The Hall–Kier alpha value is -2.76. The van der Waals surface area contributed by atoms with E-state index in [1.54, 1.807) is 0 Å². The predicted molar refractivity (Wildman–Crippen MR) is 86.4 cm³/mol. The average Bonchev–Trinajstić information content (AvgIpc) is 3.13. The van der Waals surface area contributed by atoms with Crippen molar-refractivity contribution in [2.24, 2.45) is 11.8 Å². The lowest BCUT2D eigenvalue weighted by molar-refractivity contribution is -0.122. The van der Waals surface area contributed by atoms with Gasteiger partial charge >= 0.3 is 0 Å². The van der Waals surface area contributed by atoms with Gasteiger partial charge in [0.1, 0.15) is 0 Å². The van der Waals surface area contributed by atoms with Crippen molar-refractivity contribution in [2.45, 2.75) is 20.3 Å². The Labute approximate surface area is 134 Å². The SMILES string of the molecule is C.O=C1C2CC=CCC2C(=O)N1c1n[nH]c(-c2ccccc2)n1. The van der Waals surface area contributed by atoms with E-state index in [0.29, 0.717) is 18.7 Å². The number of hydrogen-bond acceptors (Lipinski definition) is 4. The Kier molecular flexibility index (Phi) is 3.82. The number of imide groups is 1. The molecule has 2 aromatic rings. The molecule has 6 nitrogen and oxygen atoms in total. The number of rotatable bonds is 2. The molecule has 2 unspecified atom stereocenters. The van der Waals surface area contributed by atoms with Gasteiger partial charge in [-0.15, -0.1) is 5.10 Å². The lowest BCUT2D eigenvalue weighted by atomic mass is 9.85. The van der Waals surface area contributed by atoms with Crippen LogP contribution >= 0.6 is 0 Å². The van der Waals surface area contributed by atoms with E-state index in [1.807, 2.05) is 42.5 Å². The van der Waals surface area contributed by atoms with Crippen LogP contribution in [0.1, 0.15) is 20.3 Å². The summed E-state index contributed by atoms with van der Waals surface area (Å²) in [5.41, 5.74) is 0.861. The highest BCUT2D eigenvalue weighted by atomic mass is 16.2. The zero-order valence-corrected chi connectivity index (χ0v) is 11.8. The maximum atomic E-state index is 12.5. The van der Waals surface area contributed by atoms with Crippen LogP contribution < -0.4 is 4.90 Å². The van der Waals surface area contributed by atoms with Crippen molar-refractivity contribution in [1.82, 2.24) is 15.2 Å². The Bertz CT molecular complexity index is 740. The molecule has 2 aliphatic rings. The second-order valence-corrected chi connectivity index (χ2v) is 5.52. The number of nitrogens with zero attached hydrogens (tertiary/aromatic N) is 3. The summed E-state index contributed by atoms with van der Waals surface area (Å²) >= 11 is 0. The van der Waals surface area contributed by atoms with Gasteiger partial charge in [0.2, 0.25) is 11.8 Å². The maximum Gasteiger partial charge on any atom is 0.258 e. The summed E-state index contributed by atoms with van der Waals surface area (Å²) in [5, 5.41) is 6.86. The number of hydrogen-bond donors (Lipinski definition) is 1. The molecule has 23 heavy (non-hydrogen) atoms. The molecule has 2 heterocycles. The molecule has 1 aliphatic heterocycles. The van der Waals surface area contributed by atoms with Crippen molar-refractivity contribution in [3.63, 3.8) is 0 Å². The van der Waals surface area contributed by atoms with Crippen LogP contribution in [-0.2, 0) is 9.59 Å².